The van der Waals surface area contributed by atoms with Gasteiger partial charge < -0.3 is 10.0 Å². The Hall–Kier alpha value is -0.960. The minimum absolute atomic E-state index is 0.140. The van der Waals surface area contributed by atoms with Gasteiger partial charge in [-0.15, -0.1) is 11.3 Å². The molecule has 1 N–H and O–H groups in total. The summed E-state index contributed by atoms with van der Waals surface area (Å²) in [5, 5.41) is 8.73. The molecule has 1 unspecified atom stereocenters. The number of rotatable bonds is 4. The first-order chi connectivity index (χ1) is 9.30. The van der Waals surface area contributed by atoms with Crippen LogP contribution < -0.4 is 0 Å². The minimum Gasteiger partial charge on any atom is -0.481 e. The molecule has 0 spiro atoms. The minimum atomic E-state index is -3.50. The molecule has 1 aliphatic rings. The van der Waals surface area contributed by atoms with Crippen molar-refractivity contribution in [3.63, 3.8) is 0 Å². The molecule has 8 heteroatoms. The third-order valence-corrected chi connectivity index (χ3v) is 6.90. The van der Waals surface area contributed by atoms with Gasteiger partial charge in [0.25, 0.3) is 10.0 Å². The van der Waals surface area contributed by atoms with Gasteiger partial charge in [-0.05, 0) is 26.1 Å². The van der Waals surface area contributed by atoms with E-state index in [4.69, 9.17) is 5.11 Å². The first kappa shape index (κ1) is 15.4. The van der Waals surface area contributed by atoms with Gasteiger partial charge in [-0.1, -0.05) is 0 Å². The Bertz CT molecular complexity index is 596. The second-order valence-electron chi connectivity index (χ2n) is 4.98. The van der Waals surface area contributed by atoms with E-state index in [0.29, 0.717) is 24.5 Å². The van der Waals surface area contributed by atoms with E-state index in [2.05, 4.69) is 4.90 Å². The molecule has 0 amide bonds. The molecule has 2 rings (SSSR count). The van der Waals surface area contributed by atoms with Gasteiger partial charge in [0.1, 0.15) is 4.21 Å². The van der Waals surface area contributed by atoms with Gasteiger partial charge in [0, 0.05) is 30.6 Å². The highest BCUT2D eigenvalue weighted by atomic mass is 32.2. The fourth-order valence-corrected chi connectivity index (χ4v) is 5.11. The highest BCUT2D eigenvalue weighted by molar-refractivity contribution is 7.91. The third-order valence-electron chi connectivity index (χ3n) is 3.48. The van der Waals surface area contributed by atoms with Crippen LogP contribution in [0.3, 0.4) is 0 Å². The monoisotopic (exact) mass is 318 g/mol. The van der Waals surface area contributed by atoms with Crippen LogP contribution in [-0.4, -0.2) is 61.4 Å². The van der Waals surface area contributed by atoms with E-state index in [0.717, 1.165) is 11.3 Å². The van der Waals surface area contributed by atoms with Crippen molar-refractivity contribution in [2.75, 3.05) is 26.7 Å². The molecule has 0 saturated carbocycles. The maximum atomic E-state index is 12.5. The number of carboxylic acid groups (broad SMARTS) is 1. The molecule has 6 nitrogen and oxygen atoms in total. The molecule has 0 aliphatic carbocycles. The summed E-state index contributed by atoms with van der Waals surface area (Å²) in [6, 6.07) is 3.25. The molecule has 1 aromatic rings. The second-order valence-corrected chi connectivity index (χ2v) is 8.32. The van der Waals surface area contributed by atoms with Crippen LogP contribution in [0.2, 0.25) is 0 Å². The Morgan fingerprint density at radius 2 is 2.15 bits per heavy atom. The number of carbonyl (C=O) groups is 1. The fourth-order valence-electron chi connectivity index (χ4n) is 2.10. The molecule has 112 valence electrons. The number of hydrogen-bond acceptors (Lipinski definition) is 5. The SMILES string of the molecule is CC1CN(S(=O)(=O)c2ccc(CC(=O)O)s2)CCN1C. The molecule has 0 bridgehead atoms. The molecule has 1 saturated heterocycles. The molecular formula is C12H18N2O4S2. The predicted molar refractivity (Wildman–Crippen MR) is 76.5 cm³/mol. The first-order valence-corrected chi connectivity index (χ1v) is 8.57. The Morgan fingerprint density at radius 3 is 2.75 bits per heavy atom. The number of carboxylic acids is 1. The van der Waals surface area contributed by atoms with E-state index in [1.807, 2.05) is 14.0 Å². The van der Waals surface area contributed by atoms with Gasteiger partial charge in [0.2, 0.25) is 0 Å². The van der Waals surface area contributed by atoms with Crippen LogP contribution in [0, 0.1) is 0 Å². The average Bonchev–Trinajstić information content (AvgIpc) is 2.80. The molecule has 20 heavy (non-hydrogen) atoms. The smallest absolute Gasteiger partial charge is 0.308 e. The molecular weight excluding hydrogens is 300 g/mol. The van der Waals surface area contributed by atoms with E-state index in [-0.39, 0.29) is 16.7 Å². The summed E-state index contributed by atoms with van der Waals surface area (Å²) in [7, 11) is -1.52. The van der Waals surface area contributed by atoms with Crippen LogP contribution in [0.15, 0.2) is 16.3 Å². The van der Waals surface area contributed by atoms with Crippen LogP contribution in [0.25, 0.3) is 0 Å². The van der Waals surface area contributed by atoms with Gasteiger partial charge in [-0.25, -0.2) is 8.42 Å². The van der Waals surface area contributed by atoms with Gasteiger partial charge >= 0.3 is 5.97 Å². The Morgan fingerprint density at radius 1 is 1.45 bits per heavy atom. The molecule has 1 aliphatic heterocycles. The standard InChI is InChI=1S/C12H18N2O4S2/c1-9-8-14(6-5-13(9)2)20(17,18)12-4-3-10(19-12)7-11(15)16/h3-4,9H,5-8H2,1-2H3,(H,15,16). The van der Waals surface area contributed by atoms with Crippen LogP contribution in [0.4, 0.5) is 0 Å². The lowest BCUT2D eigenvalue weighted by Crippen LogP contribution is -2.51. The van der Waals surface area contributed by atoms with E-state index < -0.39 is 16.0 Å². The summed E-state index contributed by atoms with van der Waals surface area (Å²) in [5.41, 5.74) is 0. The van der Waals surface area contributed by atoms with Crippen molar-refractivity contribution in [2.24, 2.45) is 0 Å². The van der Waals surface area contributed by atoms with Crippen molar-refractivity contribution >= 4 is 27.3 Å². The van der Waals surface area contributed by atoms with Crippen molar-refractivity contribution in [1.82, 2.24) is 9.21 Å². The van der Waals surface area contributed by atoms with Gasteiger partial charge in [-0.3, -0.25) is 4.79 Å². The normalized spacial score (nSPS) is 22.0. The molecule has 0 radical (unpaired) electrons. The molecule has 1 fully saturated rings. The number of hydrogen-bond donors (Lipinski definition) is 1. The second kappa shape index (κ2) is 5.80. The number of sulfonamides is 1. The summed E-state index contributed by atoms with van der Waals surface area (Å²) in [4.78, 5) is 13.3. The average molecular weight is 318 g/mol. The zero-order valence-corrected chi connectivity index (χ0v) is 13.1. The molecule has 0 aromatic carbocycles. The Kier molecular flexibility index (Phi) is 4.48. The van der Waals surface area contributed by atoms with E-state index in [1.165, 1.54) is 10.4 Å². The quantitative estimate of drug-likeness (QED) is 0.884. The Labute approximate surface area is 122 Å². The summed E-state index contributed by atoms with van der Waals surface area (Å²) in [6.45, 7) is 3.63. The Balaban J connectivity index is 2.18. The lowest BCUT2D eigenvalue weighted by atomic mass is 10.2. The largest absolute Gasteiger partial charge is 0.481 e. The maximum Gasteiger partial charge on any atom is 0.308 e. The highest BCUT2D eigenvalue weighted by Crippen LogP contribution is 2.26. The lowest BCUT2D eigenvalue weighted by Gasteiger charge is -2.36. The number of nitrogens with zero attached hydrogens (tertiary/aromatic N) is 2. The summed E-state index contributed by atoms with van der Waals surface area (Å²) in [5.74, 6) is -0.955. The number of piperazine rings is 1. The molecule has 1 aromatic heterocycles. The molecule has 2 heterocycles. The van der Waals surface area contributed by atoms with Crippen molar-refractivity contribution in [1.29, 1.82) is 0 Å². The summed E-state index contributed by atoms with van der Waals surface area (Å²) >= 11 is 1.04. The fraction of sp³-hybridized carbons (Fsp3) is 0.583. The highest BCUT2D eigenvalue weighted by Gasteiger charge is 2.31. The third kappa shape index (κ3) is 3.20. The zero-order valence-electron chi connectivity index (χ0n) is 11.4. The van der Waals surface area contributed by atoms with Gasteiger partial charge in [0.05, 0.1) is 6.42 Å². The van der Waals surface area contributed by atoms with Crippen LogP contribution in [0.1, 0.15) is 11.8 Å². The summed E-state index contributed by atoms with van der Waals surface area (Å²) < 4.78 is 26.7. The number of likely N-dealkylation sites (N-methyl/N-ethyl adjacent to an activating group) is 1. The first-order valence-electron chi connectivity index (χ1n) is 6.31. The number of aliphatic carboxylic acids is 1. The van der Waals surface area contributed by atoms with Crippen molar-refractivity contribution < 1.29 is 18.3 Å². The van der Waals surface area contributed by atoms with E-state index in [1.54, 1.807) is 6.07 Å². The van der Waals surface area contributed by atoms with E-state index >= 15 is 0 Å². The van der Waals surface area contributed by atoms with Crippen molar-refractivity contribution in [3.05, 3.63) is 17.0 Å². The van der Waals surface area contributed by atoms with Gasteiger partial charge in [-0.2, -0.15) is 4.31 Å². The maximum absolute atomic E-state index is 12.5. The van der Waals surface area contributed by atoms with Crippen molar-refractivity contribution in [3.8, 4) is 0 Å². The number of thiophene rings is 1. The van der Waals surface area contributed by atoms with E-state index in [9.17, 15) is 13.2 Å². The lowest BCUT2D eigenvalue weighted by molar-refractivity contribution is -0.136. The van der Waals surface area contributed by atoms with Crippen LogP contribution >= 0.6 is 11.3 Å². The van der Waals surface area contributed by atoms with Crippen LogP contribution in [-0.2, 0) is 21.2 Å². The van der Waals surface area contributed by atoms with Crippen molar-refractivity contribution in [2.45, 2.75) is 23.6 Å². The topological polar surface area (TPSA) is 77.9 Å². The summed E-state index contributed by atoms with van der Waals surface area (Å²) in [6.07, 6.45) is -0.140. The van der Waals surface area contributed by atoms with Gasteiger partial charge in [0.15, 0.2) is 0 Å². The zero-order chi connectivity index (χ0) is 14.9. The van der Waals surface area contributed by atoms with Crippen LogP contribution in [0.5, 0.6) is 0 Å². The molecule has 1 atom stereocenters. The predicted octanol–water partition coefficient (Wildman–Crippen LogP) is 0.700.